The SMILES string of the molecule is CC/C=C\C/C=C\C/C=C\C/C=C\CCCCC(=O)O[C@H](COC(=O)CC/C=C\C/C=C\C/C=C\C=C\C(O)C/C=C\C/C=C\CC)COP(=O)(O)OC[C@H](N)C(=O)O. The maximum Gasteiger partial charge on any atom is 0.472 e. The number of aliphatic carboxylic acids is 1. The number of unbranched alkanes of at least 4 members (excludes halogenated alkanes) is 2. The molecule has 59 heavy (non-hydrogen) atoms. The molecule has 0 heterocycles. The molecular formula is C46H70NO11P. The summed E-state index contributed by atoms with van der Waals surface area (Å²) < 4.78 is 32.5. The fraction of sp³-hybridized carbons (Fsp3) is 0.500. The van der Waals surface area contributed by atoms with Gasteiger partial charge in [-0.15, -0.1) is 0 Å². The van der Waals surface area contributed by atoms with Gasteiger partial charge in [0.25, 0.3) is 0 Å². The van der Waals surface area contributed by atoms with Gasteiger partial charge in [-0.1, -0.05) is 135 Å². The van der Waals surface area contributed by atoms with Gasteiger partial charge in [-0.2, -0.15) is 0 Å². The highest BCUT2D eigenvalue weighted by Crippen LogP contribution is 2.43. The van der Waals surface area contributed by atoms with Crippen molar-refractivity contribution in [1.82, 2.24) is 0 Å². The van der Waals surface area contributed by atoms with Gasteiger partial charge >= 0.3 is 25.7 Å². The molecule has 0 rings (SSSR count). The molecule has 0 bridgehead atoms. The second-order valence-corrected chi connectivity index (χ2v) is 14.7. The van der Waals surface area contributed by atoms with E-state index in [1.807, 2.05) is 54.7 Å². The van der Waals surface area contributed by atoms with Crippen LogP contribution < -0.4 is 5.73 Å². The Balaban J connectivity index is 4.66. The van der Waals surface area contributed by atoms with E-state index >= 15 is 0 Å². The van der Waals surface area contributed by atoms with Gasteiger partial charge in [0.15, 0.2) is 6.10 Å². The Morgan fingerprint density at radius 1 is 0.610 bits per heavy atom. The fourth-order valence-corrected chi connectivity index (χ4v) is 5.35. The summed E-state index contributed by atoms with van der Waals surface area (Å²) in [6, 6.07) is -1.55. The van der Waals surface area contributed by atoms with Gasteiger partial charge in [0, 0.05) is 12.8 Å². The number of carboxylic acid groups (broad SMARTS) is 1. The standard InChI is InChI=1S/C46H70NO11P/c1-3-5-7-9-11-12-13-14-15-16-17-22-25-29-33-37-45(50)58-42(39-56-59(53,54)57-40-43(47)46(51)52)38-55-44(49)36-32-28-24-21-19-18-20-23-27-31-35-41(48)34-30-26-10-8-6-4-2/h5-8,11-12,14-15,17-19,22-24,26-28,30-31,35,41-43,48H,3-4,9-10,13,16,20-21,25,29,32-34,36-40,47H2,1-2H3,(H,51,52)(H,53,54)/b7-5-,8-6-,12-11-,15-14-,19-18-,22-17-,27-23-,28-24-,30-26-,35-31+/t41?,42-,43+/m1/s1. The molecule has 0 fully saturated rings. The van der Waals surface area contributed by atoms with Gasteiger partial charge in [-0.05, 0) is 83.5 Å². The molecule has 0 aromatic rings. The summed E-state index contributed by atoms with van der Waals surface area (Å²) in [6.07, 6.45) is 48.9. The number of carbonyl (C=O) groups excluding carboxylic acids is 2. The highest BCUT2D eigenvalue weighted by molar-refractivity contribution is 7.47. The third kappa shape index (κ3) is 39.1. The van der Waals surface area contributed by atoms with Crippen LogP contribution in [0.25, 0.3) is 0 Å². The quantitative estimate of drug-likeness (QED) is 0.0154. The molecule has 4 atom stereocenters. The van der Waals surface area contributed by atoms with Crippen molar-refractivity contribution in [3.8, 4) is 0 Å². The first-order chi connectivity index (χ1) is 28.5. The highest BCUT2D eigenvalue weighted by atomic mass is 31.2. The third-order valence-electron chi connectivity index (χ3n) is 7.80. The van der Waals surface area contributed by atoms with E-state index in [2.05, 4.69) is 79.1 Å². The molecule has 0 aliphatic rings. The molecule has 0 spiro atoms. The topological polar surface area (TPSA) is 192 Å². The molecule has 330 valence electrons. The lowest BCUT2D eigenvalue weighted by molar-refractivity contribution is -0.161. The van der Waals surface area contributed by atoms with Crippen LogP contribution in [0, 0.1) is 0 Å². The largest absolute Gasteiger partial charge is 0.480 e. The molecule has 0 saturated carbocycles. The van der Waals surface area contributed by atoms with Crippen LogP contribution in [0.1, 0.15) is 110 Å². The van der Waals surface area contributed by atoms with Crippen LogP contribution in [0.2, 0.25) is 0 Å². The number of allylic oxidation sites excluding steroid dienone is 18. The third-order valence-corrected chi connectivity index (χ3v) is 8.75. The van der Waals surface area contributed by atoms with Crippen molar-refractivity contribution in [1.29, 1.82) is 0 Å². The smallest absolute Gasteiger partial charge is 0.472 e. The number of carboxylic acids is 1. The first kappa shape index (κ1) is 54.8. The van der Waals surface area contributed by atoms with Crippen molar-refractivity contribution in [3.63, 3.8) is 0 Å². The van der Waals surface area contributed by atoms with E-state index in [0.29, 0.717) is 25.7 Å². The Bertz CT molecular complexity index is 1470. The Kier molecular flexibility index (Phi) is 36.5. The molecule has 0 radical (unpaired) electrons. The van der Waals surface area contributed by atoms with Crippen molar-refractivity contribution in [2.45, 2.75) is 128 Å². The summed E-state index contributed by atoms with van der Waals surface area (Å²) in [5.74, 6) is -2.60. The second-order valence-electron chi connectivity index (χ2n) is 13.2. The van der Waals surface area contributed by atoms with Crippen molar-refractivity contribution in [2.24, 2.45) is 5.73 Å². The molecule has 0 saturated heterocycles. The van der Waals surface area contributed by atoms with Crippen molar-refractivity contribution < 1.29 is 52.6 Å². The minimum absolute atomic E-state index is 0.0559. The zero-order valence-corrected chi connectivity index (χ0v) is 36.0. The average Bonchev–Trinajstić information content (AvgIpc) is 3.21. The summed E-state index contributed by atoms with van der Waals surface area (Å²) in [5, 5.41) is 18.9. The first-order valence-corrected chi connectivity index (χ1v) is 22.2. The number of hydrogen-bond donors (Lipinski definition) is 4. The molecule has 0 aliphatic heterocycles. The summed E-state index contributed by atoms with van der Waals surface area (Å²) in [4.78, 5) is 45.9. The van der Waals surface area contributed by atoms with Gasteiger partial charge in [0.2, 0.25) is 0 Å². The van der Waals surface area contributed by atoms with Gasteiger partial charge < -0.3 is 30.3 Å². The highest BCUT2D eigenvalue weighted by Gasteiger charge is 2.28. The minimum atomic E-state index is -4.76. The number of rotatable bonds is 36. The summed E-state index contributed by atoms with van der Waals surface area (Å²) in [6.45, 7) is 2.34. The van der Waals surface area contributed by atoms with Crippen molar-refractivity contribution in [2.75, 3.05) is 19.8 Å². The van der Waals surface area contributed by atoms with E-state index in [9.17, 15) is 28.9 Å². The maximum absolute atomic E-state index is 12.6. The molecule has 5 N–H and O–H groups in total. The maximum atomic E-state index is 12.6. The van der Waals surface area contributed by atoms with E-state index in [4.69, 9.17) is 24.8 Å². The van der Waals surface area contributed by atoms with Crippen LogP contribution in [0.5, 0.6) is 0 Å². The van der Waals surface area contributed by atoms with Gasteiger partial charge in [0.1, 0.15) is 12.6 Å². The monoisotopic (exact) mass is 843 g/mol. The number of aliphatic hydroxyl groups excluding tert-OH is 1. The molecular weight excluding hydrogens is 773 g/mol. The zero-order valence-electron chi connectivity index (χ0n) is 35.1. The molecule has 0 aromatic carbocycles. The van der Waals surface area contributed by atoms with Crippen LogP contribution >= 0.6 is 7.82 Å². The minimum Gasteiger partial charge on any atom is -0.480 e. The van der Waals surface area contributed by atoms with Crippen molar-refractivity contribution >= 4 is 25.7 Å². The first-order valence-electron chi connectivity index (χ1n) is 20.7. The van der Waals surface area contributed by atoms with Crippen LogP contribution in [-0.2, 0) is 37.5 Å². The summed E-state index contributed by atoms with van der Waals surface area (Å²) >= 11 is 0. The van der Waals surface area contributed by atoms with Crippen LogP contribution in [-0.4, -0.2) is 71.1 Å². The molecule has 2 unspecified atom stereocenters. The lowest BCUT2D eigenvalue weighted by atomic mass is 10.2. The summed E-state index contributed by atoms with van der Waals surface area (Å²) in [5.41, 5.74) is 5.31. The molecule has 12 nitrogen and oxygen atoms in total. The van der Waals surface area contributed by atoms with Crippen LogP contribution in [0.3, 0.4) is 0 Å². The Labute approximate surface area is 352 Å². The number of nitrogens with two attached hydrogens (primary N) is 1. The molecule has 0 aromatic heterocycles. The number of ether oxygens (including phenoxy) is 2. The van der Waals surface area contributed by atoms with Crippen LogP contribution in [0.15, 0.2) is 122 Å². The Morgan fingerprint density at radius 3 is 1.69 bits per heavy atom. The van der Waals surface area contributed by atoms with Gasteiger partial charge in [-0.25, -0.2) is 4.57 Å². The number of phosphoric acid groups is 1. The summed E-state index contributed by atoms with van der Waals surface area (Å²) in [7, 11) is -4.76. The number of hydrogen-bond acceptors (Lipinski definition) is 10. The predicted octanol–water partition coefficient (Wildman–Crippen LogP) is 9.80. The molecule has 0 amide bonds. The number of phosphoric ester groups is 1. The van der Waals surface area contributed by atoms with E-state index in [-0.39, 0.29) is 12.8 Å². The fourth-order valence-electron chi connectivity index (χ4n) is 4.57. The normalized spacial score (nSPS) is 15.5. The zero-order chi connectivity index (χ0) is 43.7. The number of aliphatic hydroxyl groups is 1. The number of carbonyl (C=O) groups is 3. The van der Waals surface area contributed by atoms with E-state index in [0.717, 1.165) is 57.8 Å². The average molecular weight is 844 g/mol. The van der Waals surface area contributed by atoms with Crippen molar-refractivity contribution in [3.05, 3.63) is 122 Å². The lowest BCUT2D eigenvalue weighted by Crippen LogP contribution is -2.34. The van der Waals surface area contributed by atoms with Gasteiger partial charge in [-0.3, -0.25) is 23.4 Å². The molecule has 0 aliphatic carbocycles. The van der Waals surface area contributed by atoms with Crippen LogP contribution in [0.4, 0.5) is 0 Å². The second kappa shape index (κ2) is 39.3. The predicted molar refractivity (Wildman–Crippen MR) is 236 cm³/mol. The Hall–Kier alpha value is -4.16. The lowest BCUT2D eigenvalue weighted by Gasteiger charge is -2.20. The Morgan fingerprint density at radius 2 is 1.12 bits per heavy atom. The van der Waals surface area contributed by atoms with E-state index in [1.165, 1.54) is 0 Å². The van der Waals surface area contributed by atoms with E-state index < -0.39 is 63.8 Å². The van der Waals surface area contributed by atoms with Gasteiger partial charge in [0.05, 0.1) is 19.3 Å². The van der Waals surface area contributed by atoms with E-state index in [1.54, 1.807) is 6.08 Å². The molecule has 13 heteroatoms. The number of esters is 2.